The van der Waals surface area contributed by atoms with Gasteiger partial charge in [-0.15, -0.1) is 0 Å². The summed E-state index contributed by atoms with van der Waals surface area (Å²) in [7, 11) is 0. The number of carbonyl (C=O) groups is 3. The van der Waals surface area contributed by atoms with E-state index in [9.17, 15) is 39.9 Å². The second kappa shape index (κ2) is 18.4. The first-order valence-electron chi connectivity index (χ1n) is 22.7. The third kappa shape index (κ3) is 8.92. The first kappa shape index (κ1) is 49.0. The van der Waals surface area contributed by atoms with Crippen molar-refractivity contribution in [1.29, 1.82) is 0 Å². The van der Waals surface area contributed by atoms with Gasteiger partial charge in [-0.25, -0.2) is 0 Å². The minimum Gasteiger partial charge on any atom is -0.463 e. The maximum absolute atomic E-state index is 12.6. The number of rotatable bonds is 12. The number of carbonyl (C=O) groups excluding carboxylic acids is 3. The van der Waals surface area contributed by atoms with Crippen LogP contribution in [0.1, 0.15) is 121 Å². The molecule has 0 aromatic rings. The molecule has 15 nitrogen and oxygen atoms in total. The van der Waals surface area contributed by atoms with Gasteiger partial charge in [0.2, 0.25) is 0 Å². The predicted octanol–water partition coefficient (Wildman–Crippen LogP) is 4.28. The fraction of sp³-hybridized carbons (Fsp3) is 0.851. The highest BCUT2D eigenvalue weighted by Gasteiger charge is 2.72. The van der Waals surface area contributed by atoms with Gasteiger partial charge in [0.15, 0.2) is 24.8 Å². The Morgan fingerprint density at radius 1 is 0.806 bits per heavy atom. The number of aliphatic hydroxyl groups is 5. The SMILES string of the molecule is CC(=O)OC[C@H]1O[C@@H](O[C@H]2C[C@@]3(C)[C@@H]4[C@@H](O)C=C5[C@@H](CC[C@H](O[C@@H]6OC[C@@H](OC(C)=O)[C@H](O)[C@H]6O)C5(C)C)[C@]4(C)CC[C@]3(C)[C@H]2[C@H](C)CCC=C(C)C)[C@H](O)[C@@H](O)[C@@H]1OC(C)=O. The molecular weight excluding hydrogens is 805 g/mol. The van der Waals surface area contributed by atoms with Gasteiger partial charge in [-0.2, -0.15) is 0 Å². The molecule has 6 aliphatic rings. The van der Waals surface area contributed by atoms with Crippen LogP contribution in [0.4, 0.5) is 0 Å². The molecule has 4 aliphatic carbocycles. The quantitative estimate of drug-likeness (QED) is 0.105. The number of allylic oxidation sites excluding steroid dienone is 2. The van der Waals surface area contributed by atoms with Gasteiger partial charge in [0.25, 0.3) is 0 Å². The second-order valence-corrected chi connectivity index (χ2v) is 20.9. The Labute approximate surface area is 366 Å². The minimum absolute atomic E-state index is 0.0375. The number of hydrogen-bond donors (Lipinski definition) is 5. The Hall–Kier alpha value is -2.47. The zero-order valence-electron chi connectivity index (χ0n) is 38.6. The van der Waals surface area contributed by atoms with E-state index in [4.69, 9.17) is 33.2 Å². The van der Waals surface area contributed by atoms with E-state index in [0.29, 0.717) is 12.8 Å². The third-order valence-corrected chi connectivity index (χ3v) is 16.3. The zero-order valence-corrected chi connectivity index (χ0v) is 38.6. The van der Waals surface area contributed by atoms with Crippen molar-refractivity contribution in [2.45, 2.75) is 195 Å². The summed E-state index contributed by atoms with van der Waals surface area (Å²) < 4.78 is 41.2. The summed E-state index contributed by atoms with van der Waals surface area (Å²) in [5.41, 5.74) is 0.626. The van der Waals surface area contributed by atoms with Crippen molar-refractivity contribution < 1.29 is 73.1 Å². The summed E-state index contributed by atoms with van der Waals surface area (Å²) in [6, 6.07) is 0. The van der Waals surface area contributed by atoms with E-state index in [1.54, 1.807) is 0 Å². The number of esters is 3. The third-order valence-electron chi connectivity index (χ3n) is 16.3. The standard InChI is InChI=1S/C47H74O15/c1-23(2)13-12-14-24(3)35-31(60-43-39(55)37(53)40(59-27(6)50)33(61-43)22-56-25(4)48)20-47(11)41-30(51)19-29-28(45(41,9)17-18-46(35,47)10)15-16-34(44(29,7)8)62-42-38(54)36(52)32(21-57-42)58-26(5)49/h13,19,24,28,30-43,51-55H,12,14-18,20-22H2,1-11H3/t24-,28-,30+,31+,32-,33-,34+,35+,36+,37-,38-,39-,40-,41-,42+,43-,45+,46-,47+/m1/s1. The van der Waals surface area contributed by atoms with Crippen LogP contribution < -0.4 is 0 Å². The number of hydrogen-bond acceptors (Lipinski definition) is 15. The van der Waals surface area contributed by atoms with Crippen LogP contribution in [-0.4, -0.2) is 130 Å². The average molecular weight is 879 g/mol. The molecule has 352 valence electrons. The minimum atomic E-state index is -1.58. The van der Waals surface area contributed by atoms with Crippen LogP contribution in [0, 0.1) is 45.3 Å². The smallest absolute Gasteiger partial charge is 0.303 e. The Bertz CT molecular complexity index is 1710. The molecule has 3 saturated carbocycles. The molecule has 5 fully saturated rings. The molecule has 0 aromatic heterocycles. The average Bonchev–Trinajstić information content (AvgIpc) is 3.40. The van der Waals surface area contributed by atoms with Gasteiger partial charge >= 0.3 is 17.9 Å². The van der Waals surface area contributed by atoms with E-state index in [-0.39, 0.29) is 47.7 Å². The number of aliphatic hydroxyl groups excluding tert-OH is 5. The first-order chi connectivity index (χ1) is 28.9. The van der Waals surface area contributed by atoms with Crippen molar-refractivity contribution in [2.75, 3.05) is 13.2 Å². The monoisotopic (exact) mass is 879 g/mol. The van der Waals surface area contributed by atoms with Crippen molar-refractivity contribution in [3.8, 4) is 0 Å². The van der Waals surface area contributed by atoms with E-state index in [0.717, 1.165) is 37.7 Å². The summed E-state index contributed by atoms with van der Waals surface area (Å²) >= 11 is 0. The van der Waals surface area contributed by atoms with Gasteiger partial charge in [0.05, 0.1) is 24.9 Å². The molecule has 62 heavy (non-hydrogen) atoms. The largest absolute Gasteiger partial charge is 0.463 e. The Balaban J connectivity index is 1.30. The number of fused-ring (bicyclic) bond motifs is 5. The van der Waals surface area contributed by atoms with Crippen LogP contribution in [0.2, 0.25) is 0 Å². The van der Waals surface area contributed by atoms with Crippen molar-refractivity contribution in [2.24, 2.45) is 45.3 Å². The van der Waals surface area contributed by atoms with Crippen molar-refractivity contribution in [3.63, 3.8) is 0 Å². The van der Waals surface area contributed by atoms with Gasteiger partial charge < -0.3 is 58.7 Å². The summed E-state index contributed by atoms with van der Waals surface area (Å²) in [4.78, 5) is 35.4. The van der Waals surface area contributed by atoms with Crippen molar-refractivity contribution in [1.82, 2.24) is 0 Å². The highest BCUT2D eigenvalue weighted by atomic mass is 16.7. The molecule has 19 atom stereocenters. The lowest BCUT2D eigenvalue weighted by Gasteiger charge is -2.67. The van der Waals surface area contributed by atoms with E-state index < -0.39 is 102 Å². The molecule has 5 N–H and O–H groups in total. The van der Waals surface area contributed by atoms with Crippen molar-refractivity contribution in [3.05, 3.63) is 23.3 Å². The van der Waals surface area contributed by atoms with Crippen LogP contribution in [0.5, 0.6) is 0 Å². The highest BCUT2D eigenvalue weighted by Crippen LogP contribution is 2.75. The number of ether oxygens (including phenoxy) is 7. The van der Waals surface area contributed by atoms with Crippen LogP contribution in [-0.2, 0) is 47.5 Å². The molecule has 0 aromatic carbocycles. The van der Waals surface area contributed by atoms with E-state index in [1.807, 2.05) is 6.08 Å². The van der Waals surface area contributed by atoms with E-state index in [2.05, 4.69) is 61.5 Å². The van der Waals surface area contributed by atoms with Crippen LogP contribution >= 0.6 is 0 Å². The van der Waals surface area contributed by atoms with Crippen LogP contribution in [0.3, 0.4) is 0 Å². The maximum atomic E-state index is 12.6. The van der Waals surface area contributed by atoms with E-state index >= 15 is 0 Å². The lowest BCUT2D eigenvalue weighted by Crippen LogP contribution is -2.63. The molecule has 2 saturated heterocycles. The van der Waals surface area contributed by atoms with E-state index in [1.165, 1.54) is 26.3 Å². The molecule has 2 aliphatic heterocycles. The molecule has 6 rings (SSSR count). The van der Waals surface area contributed by atoms with Gasteiger partial charge in [-0.3, -0.25) is 14.4 Å². The molecule has 0 bridgehead atoms. The molecule has 0 amide bonds. The molecule has 0 unspecified atom stereocenters. The maximum Gasteiger partial charge on any atom is 0.303 e. The normalized spacial score (nSPS) is 45.3. The molecule has 15 heteroatoms. The Kier molecular flexibility index (Phi) is 14.6. The summed E-state index contributed by atoms with van der Waals surface area (Å²) in [6.45, 7) is 20.8. The van der Waals surface area contributed by atoms with Crippen molar-refractivity contribution >= 4 is 17.9 Å². The van der Waals surface area contributed by atoms with Crippen LogP contribution in [0.25, 0.3) is 0 Å². The Morgan fingerprint density at radius 3 is 2.10 bits per heavy atom. The Morgan fingerprint density at radius 2 is 1.47 bits per heavy atom. The molecule has 0 radical (unpaired) electrons. The highest BCUT2D eigenvalue weighted by molar-refractivity contribution is 5.67. The predicted molar refractivity (Wildman–Crippen MR) is 223 cm³/mol. The van der Waals surface area contributed by atoms with Gasteiger partial charge in [-0.1, -0.05) is 64.8 Å². The topological polar surface area (TPSA) is 217 Å². The van der Waals surface area contributed by atoms with Gasteiger partial charge in [-0.05, 0) is 92.8 Å². The van der Waals surface area contributed by atoms with Gasteiger partial charge in [0.1, 0.15) is 37.1 Å². The fourth-order valence-electron chi connectivity index (χ4n) is 13.2. The fourth-order valence-corrected chi connectivity index (χ4v) is 13.2. The second-order valence-electron chi connectivity index (χ2n) is 20.9. The summed E-state index contributed by atoms with van der Waals surface area (Å²) in [6.07, 6.45) is -3.82. The molecular formula is C47H74O15. The summed E-state index contributed by atoms with van der Waals surface area (Å²) in [5.74, 6) is -1.81. The molecule has 2 heterocycles. The van der Waals surface area contributed by atoms with Gasteiger partial charge in [0, 0.05) is 32.1 Å². The lowest BCUT2D eigenvalue weighted by atomic mass is 9.38. The first-order valence-corrected chi connectivity index (χ1v) is 22.7. The molecule has 0 spiro atoms. The zero-order chi connectivity index (χ0) is 45.9. The van der Waals surface area contributed by atoms with Crippen LogP contribution in [0.15, 0.2) is 23.3 Å². The lowest BCUT2D eigenvalue weighted by molar-refractivity contribution is -0.317. The summed E-state index contributed by atoms with van der Waals surface area (Å²) in [5, 5.41) is 57.2.